The molecule has 0 saturated heterocycles. The molecule has 2 nitrogen and oxygen atoms in total. The average molecular weight is 248 g/mol. The van der Waals surface area contributed by atoms with Crippen LogP contribution in [0.2, 0.25) is 5.02 Å². The van der Waals surface area contributed by atoms with E-state index in [-0.39, 0.29) is 0 Å². The van der Waals surface area contributed by atoms with Crippen LogP contribution in [0.15, 0.2) is 11.4 Å². The van der Waals surface area contributed by atoms with Crippen molar-refractivity contribution in [3.63, 3.8) is 0 Å². The van der Waals surface area contributed by atoms with E-state index in [0.717, 1.165) is 24.6 Å². The van der Waals surface area contributed by atoms with Gasteiger partial charge in [-0.15, -0.1) is 11.3 Å². The summed E-state index contributed by atoms with van der Waals surface area (Å²) in [5, 5.41) is 6.27. The Morgan fingerprint density at radius 3 is 2.93 bits per heavy atom. The van der Waals surface area contributed by atoms with Crippen LogP contribution in [0.1, 0.15) is 24.6 Å². The standard InChI is InChI=1S/C11H18ClNOS/c1-3-4-10(7-14-2)13-6-11-5-9(12)8-15-11/h5,8,10,13H,3-4,6-7H2,1-2H3. The van der Waals surface area contributed by atoms with E-state index in [0.29, 0.717) is 6.04 Å². The second-order valence-electron chi connectivity index (χ2n) is 3.55. The third-order valence-electron chi connectivity index (χ3n) is 2.19. The SMILES string of the molecule is CCCC(COC)NCc1cc(Cl)cs1. The molecule has 0 aliphatic rings. The zero-order valence-electron chi connectivity index (χ0n) is 9.25. The van der Waals surface area contributed by atoms with Gasteiger partial charge in [-0.2, -0.15) is 0 Å². The van der Waals surface area contributed by atoms with Gasteiger partial charge < -0.3 is 10.1 Å². The summed E-state index contributed by atoms with van der Waals surface area (Å²) in [6.07, 6.45) is 2.32. The smallest absolute Gasteiger partial charge is 0.0615 e. The highest BCUT2D eigenvalue weighted by Gasteiger charge is 2.07. The fourth-order valence-electron chi connectivity index (χ4n) is 1.49. The summed E-state index contributed by atoms with van der Waals surface area (Å²) in [5.74, 6) is 0. The largest absolute Gasteiger partial charge is 0.383 e. The number of nitrogens with one attached hydrogen (secondary N) is 1. The van der Waals surface area contributed by atoms with Gasteiger partial charge >= 0.3 is 0 Å². The molecule has 1 unspecified atom stereocenters. The third kappa shape index (κ3) is 4.98. The van der Waals surface area contributed by atoms with Gasteiger partial charge in [0.05, 0.1) is 11.6 Å². The second kappa shape index (κ2) is 7.23. The lowest BCUT2D eigenvalue weighted by Crippen LogP contribution is -2.32. The number of rotatable bonds is 7. The molecular weight excluding hydrogens is 230 g/mol. The number of thiophene rings is 1. The Balaban J connectivity index is 2.32. The predicted molar refractivity (Wildman–Crippen MR) is 66.7 cm³/mol. The third-order valence-corrected chi connectivity index (χ3v) is 3.48. The van der Waals surface area contributed by atoms with Gasteiger partial charge in [0.1, 0.15) is 0 Å². The molecule has 1 aromatic heterocycles. The van der Waals surface area contributed by atoms with Crippen molar-refractivity contribution in [3.8, 4) is 0 Å². The van der Waals surface area contributed by atoms with Gasteiger partial charge in [-0.05, 0) is 12.5 Å². The van der Waals surface area contributed by atoms with Gasteiger partial charge in [-0.25, -0.2) is 0 Å². The van der Waals surface area contributed by atoms with E-state index in [1.54, 1.807) is 18.4 Å². The van der Waals surface area contributed by atoms with E-state index in [2.05, 4.69) is 12.2 Å². The minimum absolute atomic E-state index is 0.445. The van der Waals surface area contributed by atoms with Gasteiger partial charge in [-0.1, -0.05) is 24.9 Å². The number of methoxy groups -OCH3 is 1. The van der Waals surface area contributed by atoms with Gasteiger partial charge in [0.15, 0.2) is 0 Å². The van der Waals surface area contributed by atoms with Crippen LogP contribution in [0.3, 0.4) is 0 Å². The van der Waals surface area contributed by atoms with Gasteiger partial charge in [0.25, 0.3) is 0 Å². The second-order valence-corrected chi connectivity index (χ2v) is 4.99. The zero-order chi connectivity index (χ0) is 11.1. The molecule has 1 atom stereocenters. The Labute approximate surface area is 101 Å². The summed E-state index contributed by atoms with van der Waals surface area (Å²) in [5.41, 5.74) is 0. The molecule has 0 fully saturated rings. The lowest BCUT2D eigenvalue weighted by Gasteiger charge is -2.16. The topological polar surface area (TPSA) is 21.3 Å². The number of hydrogen-bond acceptors (Lipinski definition) is 3. The molecular formula is C11H18ClNOS. The van der Waals surface area contributed by atoms with Crippen molar-refractivity contribution in [3.05, 3.63) is 21.3 Å². The molecule has 1 N–H and O–H groups in total. The Hall–Kier alpha value is -0.0900. The molecule has 1 aromatic rings. The molecule has 1 heterocycles. The highest BCUT2D eigenvalue weighted by Crippen LogP contribution is 2.18. The van der Waals surface area contributed by atoms with Crippen LogP contribution in [-0.2, 0) is 11.3 Å². The van der Waals surface area contributed by atoms with E-state index in [9.17, 15) is 0 Å². The fourth-order valence-corrected chi connectivity index (χ4v) is 2.51. The van der Waals surface area contributed by atoms with Crippen molar-refractivity contribution in [2.45, 2.75) is 32.4 Å². The summed E-state index contributed by atoms with van der Waals surface area (Å²) in [6, 6.07) is 2.45. The van der Waals surface area contributed by atoms with Crippen LogP contribution in [0.5, 0.6) is 0 Å². The molecule has 15 heavy (non-hydrogen) atoms. The van der Waals surface area contributed by atoms with E-state index >= 15 is 0 Å². The van der Waals surface area contributed by atoms with Crippen LogP contribution in [0, 0.1) is 0 Å². The Morgan fingerprint density at radius 2 is 2.40 bits per heavy atom. The minimum atomic E-state index is 0.445. The quantitative estimate of drug-likeness (QED) is 0.798. The van der Waals surface area contributed by atoms with E-state index < -0.39 is 0 Å². The van der Waals surface area contributed by atoms with Crippen LogP contribution < -0.4 is 5.32 Å². The van der Waals surface area contributed by atoms with Crippen molar-refractivity contribution >= 4 is 22.9 Å². The lowest BCUT2D eigenvalue weighted by molar-refractivity contribution is 0.161. The zero-order valence-corrected chi connectivity index (χ0v) is 10.8. The molecule has 86 valence electrons. The van der Waals surface area contributed by atoms with Crippen LogP contribution in [0.25, 0.3) is 0 Å². The molecule has 0 saturated carbocycles. The summed E-state index contributed by atoms with van der Waals surface area (Å²) >= 11 is 7.55. The van der Waals surface area contributed by atoms with Gasteiger partial charge in [-0.3, -0.25) is 0 Å². The summed E-state index contributed by atoms with van der Waals surface area (Å²) in [6.45, 7) is 3.84. The van der Waals surface area contributed by atoms with Gasteiger partial charge in [0.2, 0.25) is 0 Å². The first-order valence-electron chi connectivity index (χ1n) is 5.21. The Kier molecular flexibility index (Phi) is 6.25. The first-order chi connectivity index (χ1) is 7.26. The maximum Gasteiger partial charge on any atom is 0.0615 e. The first-order valence-corrected chi connectivity index (χ1v) is 6.47. The summed E-state index contributed by atoms with van der Waals surface area (Å²) < 4.78 is 5.16. The van der Waals surface area contributed by atoms with Gasteiger partial charge in [0, 0.05) is 30.0 Å². The molecule has 4 heteroatoms. The summed E-state index contributed by atoms with van der Waals surface area (Å²) in [7, 11) is 1.74. The van der Waals surface area contributed by atoms with E-state index in [1.807, 2.05) is 11.4 Å². The van der Waals surface area contributed by atoms with Crippen molar-refractivity contribution < 1.29 is 4.74 Å². The van der Waals surface area contributed by atoms with E-state index in [1.165, 1.54) is 11.3 Å². The number of ether oxygens (including phenoxy) is 1. The minimum Gasteiger partial charge on any atom is -0.383 e. The highest BCUT2D eigenvalue weighted by molar-refractivity contribution is 7.10. The maximum absolute atomic E-state index is 5.86. The Morgan fingerprint density at radius 1 is 1.60 bits per heavy atom. The summed E-state index contributed by atoms with van der Waals surface area (Å²) in [4.78, 5) is 1.28. The lowest BCUT2D eigenvalue weighted by atomic mass is 10.2. The van der Waals surface area contributed by atoms with Crippen LogP contribution in [0.4, 0.5) is 0 Å². The number of halogens is 1. The normalized spacial score (nSPS) is 13.0. The molecule has 0 bridgehead atoms. The monoisotopic (exact) mass is 247 g/mol. The van der Waals surface area contributed by atoms with Crippen molar-refractivity contribution in [2.24, 2.45) is 0 Å². The first kappa shape index (κ1) is 13.0. The molecule has 0 aliphatic carbocycles. The van der Waals surface area contributed by atoms with Crippen molar-refractivity contribution in [2.75, 3.05) is 13.7 Å². The molecule has 0 spiro atoms. The van der Waals surface area contributed by atoms with Crippen LogP contribution >= 0.6 is 22.9 Å². The van der Waals surface area contributed by atoms with Crippen molar-refractivity contribution in [1.82, 2.24) is 5.32 Å². The fraction of sp³-hybridized carbons (Fsp3) is 0.636. The maximum atomic E-state index is 5.86. The van der Waals surface area contributed by atoms with Crippen molar-refractivity contribution in [1.29, 1.82) is 0 Å². The molecule has 1 rings (SSSR count). The Bertz CT molecular complexity index is 271. The van der Waals surface area contributed by atoms with Crippen LogP contribution in [-0.4, -0.2) is 19.8 Å². The molecule has 0 amide bonds. The average Bonchev–Trinajstić information content (AvgIpc) is 2.61. The predicted octanol–water partition coefficient (Wildman–Crippen LogP) is 3.31. The highest BCUT2D eigenvalue weighted by atomic mass is 35.5. The molecule has 0 aliphatic heterocycles. The molecule has 0 radical (unpaired) electrons. The molecule has 0 aromatic carbocycles. The van der Waals surface area contributed by atoms with E-state index in [4.69, 9.17) is 16.3 Å². The number of hydrogen-bond donors (Lipinski definition) is 1.